The molecule has 0 saturated carbocycles. The first-order valence-electron chi connectivity index (χ1n) is 8.82. The van der Waals surface area contributed by atoms with Gasteiger partial charge in [-0.15, -0.1) is 0 Å². The first-order valence-corrected chi connectivity index (χ1v) is 8.82. The van der Waals surface area contributed by atoms with Crippen LogP contribution in [0.15, 0.2) is 61.1 Å². The normalized spacial score (nSPS) is 17.5. The van der Waals surface area contributed by atoms with Gasteiger partial charge >= 0.3 is 6.03 Å². The van der Waals surface area contributed by atoms with E-state index in [2.05, 4.69) is 20.9 Å². The number of pyridine rings is 1. The second-order valence-corrected chi connectivity index (χ2v) is 6.51. The van der Waals surface area contributed by atoms with Gasteiger partial charge in [-0.05, 0) is 35.9 Å². The highest BCUT2D eigenvalue weighted by Crippen LogP contribution is 2.35. The van der Waals surface area contributed by atoms with E-state index in [1.54, 1.807) is 18.3 Å². The van der Waals surface area contributed by atoms with Gasteiger partial charge in [0.05, 0.1) is 0 Å². The predicted octanol–water partition coefficient (Wildman–Crippen LogP) is 3.25. The van der Waals surface area contributed by atoms with E-state index in [0.29, 0.717) is 23.7 Å². The van der Waals surface area contributed by atoms with Gasteiger partial charge in [-0.3, -0.25) is 4.98 Å². The SMILES string of the molecule is O=C(Nc1ccc2c(c1)OCO2)N1CCn2cccc2[C@H]1c1cccnc1. The van der Waals surface area contributed by atoms with Gasteiger partial charge in [0, 0.05) is 49.1 Å². The molecule has 136 valence electrons. The number of ether oxygens (including phenoxy) is 2. The molecule has 0 radical (unpaired) electrons. The molecule has 4 heterocycles. The van der Waals surface area contributed by atoms with Crippen molar-refractivity contribution in [2.45, 2.75) is 12.6 Å². The number of carbonyl (C=O) groups is 1. The lowest BCUT2D eigenvalue weighted by Crippen LogP contribution is -2.44. The predicted molar refractivity (Wildman–Crippen MR) is 98.8 cm³/mol. The molecule has 0 aliphatic carbocycles. The number of anilines is 1. The Morgan fingerprint density at radius 1 is 1.11 bits per heavy atom. The molecule has 2 aliphatic heterocycles. The van der Waals surface area contributed by atoms with Crippen molar-refractivity contribution in [2.24, 2.45) is 0 Å². The summed E-state index contributed by atoms with van der Waals surface area (Å²) in [5.41, 5.74) is 2.74. The van der Waals surface area contributed by atoms with E-state index in [0.717, 1.165) is 17.8 Å². The van der Waals surface area contributed by atoms with Gasteiger partial charge in [0.1, 0.15) is 6.04 Å². The van der Waals surface area contributed by atoms with Gasteiger partial charge < -0.3 is 24.3 Å². The summed E-state index contributed by atoms with van der Waals surface area (Å²) < 4.78 is 12.9. The fraction of sp³-hybridized carbons (Fsp3) is 0.200. The fourth-order valence-corrected chi connectivity index (χ4v) is 3.66. The van der Waals surface area contributed by atoms with Crippen molar-refractivity contribution >= 4 is 11.7 Å². The molecule has 7 heteroatoms. The van der Waals surface area contributed by atoms with Gasteiger partial charge in [-0.2, -0.15) is 0 Å². The van der Waals surface area contributed by atoms with Crippen LogP contribution >= 0.6 is 0 Å². The molecule has 0 bridgehead atoms. The smallest absolute Gasteiger partial charge is 0.322 e. The van der Waals surface area contributed by atoms with E-state index >= 15 is 0 Å². The highest BCUT2D eigenvalue weighted by Gasteiger charge is 2.32. The maximum absolute atomic E-state index is 13.1. The molecule has 1 aromatic carbocycles. The monoisotopic (exact) mass is 362 g/mol. The maximum atomic E-state index is 13.1. The lowest BCUT2D eigenvalue weighted by atomic mass is 10.0. The van der Waals surface area contributed by atoms with Crippen LogP contribution in [-0.2, 0) is 6.54 Å². The lowest BCUT2D eigenvalue weighted by molar-refractivity contribution is 0.174. The van der Waals surface area contributed by atoms with Crippen LogP contribution in [-0.4, -0.2) is 33.8 Å². The fourth-order valence-electron chi connectivity index (χ4n) is 3.66. The molecule has 0 unspecified atom stereocenters. The summed E-state index contributed by atoms with van der Waals surface area (Å²) >= 11 is 0. The van der Waals surface area contributed by atoms with Crippen molar-refractivity contribution in [1.29, 1.82) is 0 Å². The maximum Gasteiger partial charge on any atom is 0.322 e. The molecule has 7 nitrogen and oxygen atoms in total. The first kappa shape index (κ1) is 15.7. The Labute approximate surface area is 156 Å². The van der Waals surface area contributed by atoms with Crippen molar-refractivity contribution in [3.05, 3.63) is 72.3 Å². The largest absolute Gasteiger partial charge is 0.454 e. The second kappa shape index (κ2) is 6.35. The number of benzene rings is 1. The zero-order valence-corrected chi connectivity index (χ0v) is 14.5. The molecule has 5 rings (SSSR count). The van der Waals surface area contributed by atoms with Crippen molar-refractivity contribution in [3.8, 4) is 11.5 Å². The van der Waals surface area contributed by atoms with Gasteiger partial charge in [0.15, 0.2) is 11.5 Å². The third kappa shape index (κ3) is 2.77. The van der Waals surface area contributed by atoms with Crippen molar-refractivity contribution in [1.82, 2.24) is 14.5 Å². The molecular weight excluding hydrogens is 344 g/mol. The number of aromatic nitrogens is 2. The topological polar surface area (TPSA) is 68.6 Å². The van der Waals surface area contributed by atoms with Crippen LogP contribution in [0.4, 0.5) is 10.5 Å². The molecule has 2 aromatic heterocycles. The minimum atomic E-state index is -0.184. The Hall–Kier alpha value is -3.48. The number of fused-ring (bicyclic) bond motifs is 2. The summed E-state index contributed by atoms with van der Waals surface area (Å²) in [6.07, 6.45) is 5.60. The number of hydrogen-bond donors (Lipinski definition) is 1. The summed E-state index contributed by atoms with van der Waals surface area (Å²) in [6.45, 7) is 1.57. The van der Waals surface area contributed by atoms with Gasteiger partial charge in [-0.1, -0.05) is 6.07 Å². The molecule has 0 saturated heterocycles. The van der Waals surface area contributed by atoms with Crippen LogP contribution in [0.5, 0.6) is 11.5 Å². The Bertz CT molecular complexity index is 986. The van der Waals surface area contributed by atoms with E-state index in [-0.39, 0.29) is 18.9 Å². The molecular formula is C20H18N4O3. The highest BCUT2D eigenvalue weighted by atomic mass is 16.7. The molecule has 1 N–H and O–H groups in total. The quantitative estimate of drug-likeness (QED) is 0.760. The molecule has 3 aromatic rings. The van der Waals surface area contributed by atoms with Crippen LogP contribution in [0.2, 0.25) is 0 Å². The first-order chi connectivity index (χ1) is 13.3. The number of carbonyl (C=O) groups excluding carboxylic acids is 1. The summed E-state index contributed by atoms with van der Waals surface area (Å²) in [4.78, 5) is 19.2. The zero-order valence-electron chi connectivity index (χ0n) is 14.5. The summed E-state index contributed by atoms with van der Waals surface area (Å²) in [7, 11) is 0. The van der Waals surface area contributed by atoms with Crippen molar-refractivity contribution in [2.75, 3.05) is 18.7 Å². The minimum absolute atomic E-state index is 0.157. The summed E-state index contributed by atoms with van der Waals surface area (Å²) in [6, 6.07) is 13.0. The summed E-state index contributed by atoms with van der Waals surface area (Å²) in [5.74, 6) is 1.33. The number of rotatable bonds is 2. The molecule has 1 atom stereocenters. The van der Waals surface area contributed by atoms with E-state index in [1.807, 2.05) is 41.6 Å². The second-order valence-electron chi connectivity index (χ2n) is 6.51. The van der Waals surface area contributed by atoms with E-state index < -0.39 is 0 Å². The number of hydrogen-bond acceptors (Lipinski definition) is 4. The number of urea groups is 1. The number of nitrogens with zero attached hydrogens (tertiary/aromatic N) is 3. The van der Waals surface area contributed by atoms with Crippen molar-refractivity contribution < 1.29 is 14.3 Å². The van der Waals surface area contributed by atoms with Crippen LogP contribution in [0.3, 0.4) is 0 Å². The number of nitrogens with one attached hydrogen (secondary N) is 1. The Morgan fingerprint density at radius 2 is 2.04 bits per heavy atom. The molecule has 0 spiro atoms. The third-order valence-electron chi connectivity index (χ3n) is 4.92. The minimum Gasteiger partial charge on any atom is -0.454 e. The lowest BCUT2D eigenvalue weighted by Gasteiger charge is -2.37. The van der Waals surface area contributed by atoms with Crippen LogP contribution in [0, 0.1) is 0 Å². The Kier molecular flexibility index (Phi) is 3.71. The highest BCUT2D eigenvalue weighted by molar-refractivity contribution is 5.90. The van der Waals surface area contributed by atoms with Crippen molar-refractivity contribution in [3.63, 3.8) is 0 Å². The standard InChI is InChI=1S/C20H18N4O3/c25-20(22-15-5-6-17-18(11-15)27-13-26-17)24-10-9-23-8-2-4-16(23)19(24)14-3-1-7-21-12-14/h1-8,11-12,19H,9-10,13H2,(H,22,25)/t19-/m1/s1. The van der Waals surface area contributed by atoms with E-state index in [9.17, 15) is 4.79 Å². The molecule has 2 aliphatic rings. The van der Waals surface area contributed by atoms with Gasteiger partial charge in [-0.25, -0.2) is 4.79 Å². The Morgan fingerprint density at radius 3 is 2.93 bits per heavy atom. The summed E-state index contributed by atoms with van der Waals surface area (Å²) in [5, 5.41) is 2.99. The average Bonchev–Trinajstić information content (AvgIpc) is 3.36. The van der Waals surface area contributed by atoms with Gasteiger partial charge in [0.25, 0.3) is 0 Å². The number of amides is 2. The zero-order chi connectivity index (χ0) is 18.2. The third-order valence-corrected chi connectivity index (χ3v) is 4.92. The molecule has 2 amide bonds. The molecule has 27 heavy (non-hydrogen) atoms. The van der Waals surface area contributed by atoms with E-state index in [1.165, 1.54) is 0 Å². The van der Waals surface area contributed by atoms with Crippen LogP contribution in [0.25, 0.3) is 0 Å². The van der Waals surface area contributed by atoms with Gasteiger partial charge in [0.2, 0.25) is 6.79 Å². The van der Waals surface area contributed by atoms with Crippen LogP contribution < -0.4 is 14.8 Å². The molecule has 0 fully saturated rings. The van der Waals surface area contributed by atoms with Crippen LogP contribution in [0.1, 0.15) is 17.3 Å². The average molecular weight is 362 g/mol. The Balaban J connectivity index is 1.45. The van der Waals surface area contributed by atoms with E-state index in [4.69, 9.17) is 9.47 Å².